The highest BCUT2D eigenvalue weighted by Gasteiger charge is 2.33. The Bertz CT molecular complexity index is 752. The minimum absolute atomic E-state index is 0. The zero-order valence-corrected chi connectivity index (χ0v) is 18.4. The van der Waals surface area contributed by atoms with Crippen LogP contribution in [-0.2, 0) is 17.3 Å². The van der Waals surface area contributed by atoms with Crippen LogP contribution in [0.15, 0.2) is 34.6 Å². The molecule has 0 radical (unpaired) electrons. The van der Waals surface area contributed by atoms with Crippen molar-refractivity contribution in [3.8, 4) is 0 Å². The summed E-state index contributed by atoms with van der Waals surface area (Å²) in [5.41, 5.74) is -0.0587. The number of halogens is 5. The largest absolute Gasteiger partial charge is 0.434 e. The molecule has 1 heterocycles. The van der Waals surface area contributed by atoms with E-state index in [0.29, 0.717) is 30.5 Å². The Morgan fingerprint density at radius 3 is 2.46 bits per heavy atom. The number of methoxy groups -OCH3 is 1. The highest BCUT2D eigenvalue weighted by molar-refractivity contribution is 14.0. The van der Waals surface area contributed by atoms with Gasteiger partial charge in [0.15, 0.2) is 11.7 Å². The first-order chi connectivity index (χ1) is 12.8. The second kappa shape index (κ2) is 11.5. The first kappa shape index (κ1) is 24.6. The third-order valence-electron chi connectivity index (χ3n) is 3.68. The summed E-state index contributed by atoms with van der Waals surface area (Å²) >= 11 is 0.974. The van der Waals surface area contributed by atoms with Gasteiger partial charge in [0, 0.05) is 39.0 Å². The van der Waals surface area contributed by atoms with Gasteiger partial charge in [-0.25, -0.2) is 9.37 Å². The highest BCUT2D eigenvalue weighted by Crippen LogP contribution is 2.30. The fourth-order valence-corrected chi connectivity index (χ4v) is 3.07. The first-order valence-corrected chi connectivity index (χ1v) is 8.96. The Balaban J connectivity index is 0.00000392. The number of aromatic nitrogens is 1. The van der Waals surface area contributed by atoms with E-state index in [1.165, 1.54) is 12.1 Å². The minimum atomic E-state index is -4.42. The van der Waals surface area contributed by atoms with Crippen molar-refractivity contribution in [2.75, 3.05) is 27.2 Å². The first-order valence-electron chi connectivity index (χ1n) is 8.08. The molecule has 28 heavy (non-hydrogen) atoms. The normalized spacial score (nSPS) is 13.0. The molecule has 0 aliphatic carbocycles. The topological polar surface area (TPSA) is 58.5 Å². The van der Waals surface area contributed by atoms with Crippen molar-refractivity contribution in [1.29, 1.82) is 0 Å². The monoisotopic (exact) mass is 532 g/mol. The standard InChI is InChI=1S/C17H20F4N4OS.HI/c1-22-16(23-8-7-15-25-14(10-27-15)17(19,20)21)24-9-13(26-2)11-3-5-12(18)6-4-11;/h3-6,10,13H,7-9H2,1-2H3,(H2,22,23,24);1H. The van der Waals surface area contributed by atoms with Crippen LogP contribution in [0.3, 0.4) is 0 Å². The summed E-state index contributed by atoms with van der Waals surface area (Å²) in [5.74, 6) is 0.154. The van der Waals surface area contributed by atoms with Gasteiger partial charge in [0.1, 0.15) is 5.82 Å². The van der Waals surface area contributed by atoms with E-state index in [0.717, 1.165) is 22.3 Å². The zero-order chi connectivity index (χ0) is 19.9. The summed E-state index contributed by atoms with van der Waals surface area (Å²) < 4.78 is 56.0. The smallest absolute Gasteiger partial charge is 0.375 e. The molecule has 0 saturated heterocycles. The van der Waals surface area contributed by atoms with Crippen molar-refractivity contribution in [3.05, 3.63) is 51.7 Å². The van der Waals surface area contributed by atoms with Crippen molar-refractivity contribution in [1.82, 2.24) is 15.6 Å². The fourth-order valence-electron chi connectivity index (χ4n) is 2.27. The van der Waals surface area contributed by atoms with E-state index in [4.69, 9.17) is 4.74 Å². The van der Waals surface area contributed by atoms with E-state index in [9.17, 15) is 17.6 Å². The van der Waals surface area contributed by atoms with E-state index in [1.54, 1.807) is 26.3 Å². The lowest BCUT2D eigenvalue weighted by atomic mass is 10.1. The van der Waals surface area contributed by atoms with Crippen molar-refractivity contribution in [3.63, 3.8) is 0 Å². The second-order valence-electron chi connectivity index (χ2n) is 5.53. The molecule has 156 valence electrons. The lowest BCUT2D eigenvalue weighted by Gasteiger charge is -2.18. The Hall–Kier alpha value is -1.47. The average molecular weight is 532 g/mol. The van der Waals surface area contributed by atoms with E-state index >= 15 is 0 Å². The predicted octanol–water partition coefficient (Wildman–Crippen LogP) is 4.01. The summed E-state index contributed by atoms with van der Waals surface area (Å²) in [7, 11) is 3.13. The summed E-state index contributed by atoms with van der Waals surface area (Å²) in [6.45, 7) is 0.760. The van der Waals surface area contributed by atoms with Crippen LogP contribution in [0.2, 0.25) is 0 Å². The Morgan fingerprint density at radius 1 is 1.25 bits per heavy atom. The van der Waals surface area contributed by atoms with Crippen molar-refractivity contribution >= 4 is 41.3 Å². The summed E-state index contributed by atoms with van der Waals surface area (Å²) in [5, 5.41) is 7.49. The molecule has 5 nitrogen and oxygen atoms in total. The van der Waals surface area contributed by atoms with Crippen molar-refractivity contribution < 1.29 is 22.3 Å². The average Bonchev–Trinajstić information content (AvgIpc) is 3.11. The van der Waals surface area contributed by atoms with Gasteiger partial charge in [-0.05, 0) is 17.7 Å². The van der Waals surface area contributed by atoms with Crippen LogP contribution in [0.25, 0.3) is 0 Å². The molecule has 2 rings (SSSR count). The number of nitrogens with zero attached hydrogens (tertiary/aromatic N) is 2. The van der Waals surface area contributed by atoms with Crippen LogP contribution in [0, 0.1) is 5.82 Å². The van der Waals surface area contributed by atoms with Crippen LogP contribution in [0.4, 0.5) is 17.6 Å². The fraction of sp³-hybridized carbons (Fsp3) is 0.412. The maximum absolute atomic E-state index is 13.0. The molecule has 1 aromatic heterocycles. The van der Waals surface area contributed by atoms with Crippen LogP contribution >= 0.6 is 35.3 Å². The maximum Gasteiger partial charge on any atom is 0.434 e. The number of nitrogens with one attached hydrogen (secondary N) is 2. The molecule has 2 aromatic rings. The molecular weight excluding hydrogens is 511 g/mol. The lowest BCUT2D eigenvalue weighted by molar-refractivity contribution is -0.140. The molecule has 1 aromatic carbocycles. The number of rotatable bonds is 7. The molecule has 11 heteroatoms. The maximum atomic E-state index is 13.0. The van der Waals surface area contributed by atoms with Crippen molar-refractivity contribution in [2.45, 2.75) is 18.7 Å². The summed E-state index contributed by atoms with van der Waals surface area (Å²) in [4.78, 5) is 7.64. The quantitative estimate of drug-likeness (QED) is 0.245. The molecule has 1 unspecified atom stereocenters. The van der Waals surface area contributed by atoms with Gasteiger partial charge >= 0.3 is 6.18 Å². The summed E-state index contributed by atoms with van der Waals surface area (Å²) in [6, 6.07) is 6.00. The van der Waals surface area contributed by atoms with Gasteiger partial charge in [-0.3, -0.25) is 4.99 Å². The number of hydrogen-bond acceptors (Lipinski definition) is 4. The number of thiazole rings is 1. The number of guanidine groups is 1. The van der Waals surface area contributed by atoms with Crippen LogP contribution in [0.1, 0.15) is 22.4 Å². The number of hydrogen-bond donors (Lipinski definition) is 2. The summed E-state index contributed by atoms with van der Waals surface area (Å²) in [6.07, 6.45) is -4.39. The highest BCUT2D eigenvalue weighted by atomic mass is 127. The van der Waals surface area contributed by atoms with E-state index in [1.807, 2.05) is 0 Å². The number of aliphatic imine (C=N–C) groups is 1. The number of alkyl halides is 3. The van der Waals surface area contributed by atoms with E-state index in [-0.39, 0.29) is 35.9 Å². The second-order valence-corrected chi connectivity index (χ2v) is 6.47. The molecule has 0 bridgehead atoms. The van der Waals surface area contributed by atoms with Crippen molar-refractivity contribution in [2.24, 2.45) is 4.99 Å². The Kier molecular flexibility index (Phi) is 10.1. The molecule has 1 atom stereocenters. The van der Waals surface area contributed by atoms with E-state index < -0.39 is 11.9 Å². The van der Waals surface area contributed by atoms with Crippen LogP contribution in [-0.4, -0.2) is 38.2 Å². The van der Waals surface area contributed by atoms with Gasteiger partial charge in [-0.1, -0.05) is 12.1 Å². The molecule has 0 fully saturated rings. The van der Waals surface area contributed by atoms with Gasteiger partial charge in [0.25, 0.3) is 0 Å². The zero-order valence-electron chi connectivity index (χ0n) is 15.2. The SMILES string of the molecule is CN=C(NCCc1nc(C(F)(F)F)cs1)NCC(OC)c1ccc(F)cc1.I. The third-order valence-corrected chi connectivity index (χ3v) is 4.59. The predicted molar refractivity (Wildman–Crippen MR) is 112 cm³/mol. The van der Waals surface area contributed by atoms with E-state index in [2.05, 4.69) is 20.6 Å². The molecule has 2 N–H and O–H groups in total. The Labute approximate surface area is 181 Å². The molecule has 0 spiro atoms. The minimum Gasteiger partial charge on any atom is -0.375 e. The molecule has 0 amide bonds. The molecular formula is C17H21F4IN4OS. The van der Waals surface area contributed by atoms with Gasteiger partial charge in [-0.2, -0.15) is 13.2 Å². The third kappa shape index (κ3) is 7.51. The van der Waals surface area contributed by atoms with Gasteiger partial charge in [-0.15, -0.1) is 35.3 Å². The van der Waals surface area contributed by atoms with Gasteiger partial charge in [0.2, 0.25) is 0 Å². The van der Waals surface area contributed by atoms with Crippen LogP contribution in [0.5, 0.6) is 0 Å². The Morgan fingerprint density at radius 2 is 1.93 bits per heavy atom. The molecule has 0 aliphatic rings. The van der Waals surface area contributed by atoms with Gasteiger partial charge in [0.05, 0.1) is 11.1 Å². The van der Waals surface area contributed by atoms with Gasteiger partial charge < -0.3 is 15.4 Å². The molecule has 0 aliphatic heterocycles. The lowest BCUT2D eigenvalue weighted by Crippen LogP contribution is -2.40. The number of benzene rings is 1. The molecule has 0 saturated carbocycles. The van der Waals surface area contributed by atoms with Crippen LogP contribution < -0.4 is 10.6 Å². The number of ether oxygens (including phenoxy) is 1.